The predicted molar refractivity (Wildman–Crippen MR) is 77.4 cm³/mol. The maximum absolute atomic E-state index is 6.20. The largest absolute Gasteiger partial charge is 0.384 e. The molecule has 5 nitrogen and oxygen atoms in total. The van der Waals surface area contributed by atoms with Crippen LogP contribution in [0.2, 0.25) is 0 Å². The summed E-state index contributed by atoms with van der Waals surface area (Å²) in [4.78, 5) is 4.26. The Hall–Kier alpha value is -2.27. The second-order valence-corrected chi connectivity index (χ2v) is 4.94. The van der Waals surface area contributed by atoms with Gasteiger partial charge in [-0.3, -0.25) is 5.73 Å². The number of benzene rings is 1. The minimum atomic E-state index is -0.860. The number of aryl methyl sites for hydroxylation is 1. The number of fused-ring (bicyclic) bond motifs is 1. The van der Waals surface area contributed by atoms with Gasteiger partial charge in [0.1, 0.15) is 5.84 Å². The number of aliphatic imine (C=N–C) groups is 1. The average molecular weight is 255 g/mol. The van der Waals surface area contributed by atoms with E-state index in [4.69, 9.17) is 11.5 Å². The van der Waals surface area contributed by atoms with E-state index in [1.165, 1.54) is 10.9 Å². The zero-order valence-electron chi connectivity index (χ0n) is 10.8. The van der Waals surface area contributed by atoms with Crippen molar-refractivity contribution in [2.24, 2.45) is 23.5 Å². The molecule has 0 bridgehead atoms. The fourth-order valence-corrected chi connectivity index (χ4v) is 2.41. The molecule has 1 aliphatic rings. The van der Waals surface area contributed by atoms with E-state index in [1.54, 1.807) is 12.3 Å². The smallest absolute Gasteiger partial charge is 0.188 e. The Balaban J connectivity index is 1.91. The highest BCUT2D eigenvalue weighted by molar-refractivity contribution is 5.92. The number of amidine groups is 1. The highest BCUT2D eigenvalue weighted by Crippen LogP contribution is 2.20. The molecule has 1 unspecified atom stereocenters. The number of nitrogens with two attached hydrogens (primary N) is 2. The summed E-state index contributed by atoms with van der Waals surface area (Å²) in [6.45, 7) is 0. The van der Waals surface area contributed by atoms with Crippen molar-refractivity contribution in [2.75, 3.05) is 0 Å². The number of nitrogens with zero attached hydrogens (tertiary/aromatic N) is 2. The first-order chi connectivity index (χ1) is 9.06. The van der Waals surface area contributed by atoms with Crippen LogP contribution in [0.1, 0.15) is 5.56 Å². The van der Waals surface area contributed by atoms with E-state index in [2.05, 4.69) is 39.1 Å². The van der Waals surface area contributed by atoms with Gasteiger partial charge in [0, 0.05) is 31.4 Å². The monoisotopic (exact) mass is 255 g/mol. The van der Waals surface area contributed by atoms with Gasteiger partial charge in [-0.2, -0.15) is 0 Å². The Labute approximate surface area is 111 Å². The Bertz CT molecular complexity index is 682. The number of aromatic nitrogens is 1. The zero-order valence-corrected chi connectivity index (χ0v) is 10.8. The molecule has 3 rings (SSSR count). The molecule has 1 atom stereocenters. The fourth-order valence-electron chi connectivity index (χ4n) is 2.41. The maximum atomic E-state index is 6.20. The summed E-state index contributed by atoms with van der Waals surface area (Å²) in [7, 11) is 2.03. The van der Waals surface area contributed by atoms with Gasteiger partial charge in [0.05, 0.1) is 0 Å². The van der Waals surface area contributed by atoms with E-state index in [0.29, 0.717) is 12.3 Å². The highest BCUT2D eigenvalue weighted by atomic mass is 15.3. The number of nitrogens with one attached hydrogen (secondary N) is 1. The lowest BCUT2D eigenvalue weighted by atomic mass is 10.0. The van der Waals surface area contributed by atoms with Gasteiger partial charge in [-0.25, -0.2) is 4.99 Å². The quantitative estimate of drug-likeness (QED) is 0.742. The number of hydrogen-bond donors (Lipinski definition) is 3. The van der Waals surface area contributed by atoms with Crippen molar-refractivity contribution in [2.45, 2.75) is 12.2 Å². The average Bonchev–Trinajstić information content (AvgIpc) is 2.70. The normalized spacial score (nSPS) is 22.3. The molecule has 0 fully saturated rings. The second kappa shape index (κ2) is 4.13. The van der Waals surface area contributed by atoms with Gasteiger partial charge in [0.15, 0.2) is 5.79 Å². The van der Waals surface area contributed by atoms with Crippen LogP contribution in [-0.4, -0.2) is 16.2 Å². The zero-order chi connectivity index (χ0) is 13.5. The number of hydrogen-bond acceptors (Lipinski definition) is 4. The summed E-state index contributed by atoms with van der Waals surface area (Å²) in [6.07, 6.45) is 6.07. The molecule has 0 saturated heterocycles. The minimum absolute atomic E-state index is 0.446. The summed E-state index contributed by atoms with van der Waals surface area (Å²) in [5, 5.41) is 4.25. The van der Waals surface area contributed by atoms with Gasteiger partial charge in [0.25, 0.3) is 0 Å². The molecule has 2 aromatic rings. The lowest BCUT2D eigenvalue weighted by molar-refractivity contribution is 0.390. The van der Waals surface area contributed by atoms with Crippen molar-refractivity contribution in [1.29, 1.82) is 0 Å². The molecule has 19 heavy (non-hydrogen) atoms. The van der Waals surface area contributed by atoms with Crippen molar-refractivity contribution in [3.63, 3.8) is 0 Å². The van der Waals surface area contributed by atoms with Crippen LogP contribution in [0.4, 0.5) is 0 Å². The van der Waals surface area contributed by atoms with E-state index in [9.17, 15) is 0 Å². The van der Waals surface area contributed by atoms with E-state index in [-0.39, 0.29) is 0 Å². The molecular weight excluding hydrogens is 238 g/mol. The second-order valence-electron chi connectivity index (χ2n) is 4.94. The van der Waals surface area contributed by atoms with Crippen molar-refractivity contribution in [1.82, 2.24) is 9.88 Å². The van der Waals surface area contributed by atoms with Crippen molar-refractivity contribution < 1.29 is 0 Å². The summed E-state index contributed by atoms with van der Waals surface area (Å²) in [6, 6.07) is 8.39. The molecule has 2 heterocycles. The Morgan fingerprint density at radius 1 is 1.37 bits per heavy atom. The van der Waals surface area contributed by atoms with Crippen molar-refractivity contribution in [3.05, 3.63) is 48.3 Å². The van der Waals surface area contributed by atoms with Crippen LogP contribution < -0.4 is 16.8 Å². The Morgan fingerprint density at radius 3 is 3.00 bits per heavy atom. The van der Waals surface area contributed by atoms with E-state index >= 15 is 0 Å². The molecule has 0 aliphatic carbocycles. The van der Waals surface area contributed by atoms with Gasteiger partial charge in [-0.05, 0) is 35.2 Å². The Morgan fingerprint density at radius 2 is 2.21 bits per heavy atom. The standard InChI is InChI=1S/C14H17N5/c1-19-7-5-11-8-10(2-3-12(11)19)9-14(16)17-6-4-13(15)18-14/h2-8,17H,9,16H2,1H3,(H2,15,18). The van der Waals surface area contributed by atoms with Crippen LogP contribution in [0.3, 0.4) is 0 Å². The van der Waals surface area contributed by atoms with Crippen LogP contribution in [0.25, 0.3) is 10.9 Å². The van der Waals surface area contributed by atoms with E-state index in [0.717, 1.165) is 5.56 Å². The molecule has 0 amide bonds. The van der Waals surface area contributed by atoms with Gasteiger partial charge in [-0.1, -0.05) is 6.07 Å². The first-order valence-corrected chi connectivity index (χ1v) is 6.18. The van der Waals surface area contributed by atoms with Crippen LogP contribution in [0.5, 0.6) is 0 Å². The van der Waals surface area contributed by atoms with Crippen LogP contribution in [-0.2, 0) is 13.5 Å². The van der Waals surface area contributed by atoms with E-state index < -0.39 is 5.79 Å². The fraction of sp³-hybridized carbons (Fsp3) is 0.214. The molecular formula is C14H17N5. The maximum Gasteiger partial charge on any atom is 0.188 e. The lowest BCUT2D eigenvalue weighted by Crippen LogP contribution is -2.54. The molecule has 98 valence electrons. The third kappa shape index (κ3) is 2.20. The van der Waals surface area contributed by atoms with Gasteiger partial charge < -0.3 is 15.6 Å². The lowest BCUT2D eigenvalue weighted by Gasteiger charge is -2.28. The van der Waals surface area contributed by atoms with Crippen molar-refractivity contribution >= 4 is 16.7 Å². The SMILES string of the molecule is Cn1ccc2cc(CC3(N)N=C(N)C=CN3)ccc21. The Kier molecular flexibility index (Phi) is 2.57. The molecule has 0 spiro atoms. The molecule has 5 N–H and O–H groups in total. The first-order valence-electron chi connectivity index (χ1n) is 6.18. The van der Waals surface area contributed by atoms with Crippen molar-refractivity contribution in [3.8, 4) is 0 Å². The molecule has 0 radical (unpaired) electrons. The van der Waals surface area contributed by atoms with Gasteiger partial charge >= 0.3 is 0 Å². The highest BCUT2D eigenvalue weighted by Gasteiger charge is 2.25. The molecule has 1 aromatic heterocycles. The third-order valence-corrected chi connectivity index (χ3v) is 3.34. The van der Waals surface area contributed by atoms with Crippen LogP contribution >= 0.6 is 0 Å². The number of rotatable bonds is 2. The molecule has 5 heteroatoms. The molecule has 1 aromatic carbocycles. The van der Waals surface area contributed by atoms with Gasteiger partial charge in [-0.15, -0.1) is 0 Å². The molecule has 0 saturated carbocycles. The van der Waals surface area contributed by atoms with Gasteiger partial charge in [0.2, 0.25) is 0 Å². The summed E-state index contributed by atoms with van der Waals surface area (Å²) in [5.41, 5.74) is 14.2. The first kappa shape index (κ1) is 11.8. The minimum Gasteiger partial charge on any atom is -0.384 e. The topological polar surface area (TPSA) is 81.4 Å². The third-order valence-electron chi connectivity index (χ3n) is 3.34. The predicted octanol–water partition coefficient (Wildman–Crippen LogP) is 0.807. The molecule has 1 aliphatic heterocycles. The van der Waals surface area contributed by atoms with Crippen LogP contribution in [0.15, 0.2) is 47.7 Å². The summed E-state index contributed by atoms with van der Waals surface area (Å²) in [5.74, 6) is -0.413. The summed E-state index contributed by atoms with van der Waals surface area (Å²) >= 11 is 0. The van der Waals surface area contributed by atoms with E-state index in [1.807, 2.05) is 13.2 Å². The summed E-state index contributed by atoms with van der Waals surface area (Å²) < 4.78 is 2.09. The van der Waals surface area contributed by atoms with Crippen LogP contribution in [0, 0.1) is 0 Å².